The Balaban J connectivity index is 1.76. The molecule has 1 aromatic rings. The van der Waals surface area contributed by atoms with Crippen LogP contribution in [0.2, 0.25) is 0 Å². The molecule has 0 aromatic heterocycles. The number of amides is 1. The fourth-order valence-electron chi connectivity index (χ4n) is 3.19. The van der Waals surface area contributed by atoms with Crippen LogP contribution in [0, 0.1) is 5.92 Å². The lowest BCUT2D eigenvalue weighted by Crippen LogP contribution is -2.37. The molecule has 1 saturated carbocycles. The van der Waals surface area contributed by atoms with Crippen molar-refractivity contribution in [3.63, 3.8) is 0 Å². The van der Waals surface area contributed by atoms with Crippen LogP contribution in [0.3, 0.4) is 0 Å². The fraction of sp³-hybridized carbons (Fsp3) is 0.562. The van der Waals surface area contributed by atoms with Gasteiger partial charge in [0.2, 0.25) is 15.9 Å². The zero-order chi connectivity index (χ0) is 15.7. The van der Waals surface area contributed by atoms with Gasteiger partial charge in [-0.05, 0) is 61.8 Å². The average molecular weight is 322 g/mol. The summed E-state index contributed by atoms with van der Waals surface area (Å²) in [5.41, 5.74) is 1.61. The monoisotopic (exact) mass is 322 g/mol. The number of benzene rings is 1. The SMILES string of the molecule is CC1CCC(NS(=O)(=O)c2ccc3c(c2)CCC(=O)N3)CC1. The van der Waals surface area contributed by atoms with Crippen molar-refractivity contribution >= 4 is 21.6 Å². The lowest BCUT2D eigenvalue weighted by molar-refractivity contribution is -0.116. The number of fused-ring (bicyclic) bond motifs is 1. The second kappa shape index (κ2) is 6.01. The van der Waals surface area contributed by atoms with Crippen LogP contribution in [0.15, 0.2) is 23.1 Å². The van der Waals surface area contributed by atoms with E-state index in [-0.39, 0.29) is 11.9 Å². The maximum atomic E-state index is 12.5. The van der Waals surface area contributed by atoms with E-state index in [4.69, 9.17) is 0 Å². The number of nitrogens with one attached hydrogen (secondary N) is 2. The molecule has 0 radical (unpaired) electrons. The summed E-state index contributed by atoms with van der Waals surface area (Å²) in [7, 11) is -3.49. The van der Waals surface area contributed by atoms with E-state index in [9.17, 15) is 13.2 Å². The summed E-state index contributed by atoms with van der Waals surface area (Å²) in [5, 5.41) is 2.77. The topological polar surface area (TPSA) is 75.3 Å². The molecule has 1 fully saturated rings. The first-order valence-electron chi connectivity index (χ1n) is 7.89. The Morgan fingerprint density at radius 1 is 1.14 bits per heavy atom. The van der Waals surface area contributed by atoms with Crippen LogP contribution < -0.4 is 10.0 Å². The van der Waals surface area contributed by atoms with Crippen LogP contribution in [-0.4, -0.2) is 20.4 Å². The quantitative estimate of drug-likeness (QED) is 0.897. The summed E-state index contributed by atoms with van der Waals surface area (Å²) in [6, 6.07) is 4.97. The van der Waals surface area contributed by atoms with E-state index in [1.165, 1.54) is 0 Å². The normalized spacial score (nSPS) is 25.4. The van der Waals surface area contributed by atoms with Gasteiger partial charge >= 0.3 is 0 Å². The standard InChI is InChI=1S/C16H22N2O3S/c1-11-2-5-13(6-3-11)18-22(20,21)14-7-8-15-12(10-14)4-9-16(19)17-15/h7-8,10-11,13,18H,2-6,9H2,1H3,(H,17,19). The maximum Gasteiger partial charge on any atom is 0.240 e. The number of sulfonamides is 1. The molecule has 5 nitrogen and oxygen atoms in total. The van der Waals surface area contributed by atoms with Crippen LogP contribution in [0.5, 0.6) is 0 Å². The predicted molar refractivity (Wildman–Crippen MR) is 85.1 cm³/mol. The van der Waals surface area contributed by atoms with Crippen LogP contribution in [-0.2, 0) is 21.2 Å². The second-order valence-electron chi connectivity index (χ2n) is 6.45. The van der Waals surface area contributed by atoms with Crippen molar-refractivity contribution in [2.45, 2.75) is 56.4 Å². The third-order valence-corrected chi connectivity index (χ3v) is 6.14. The smallest absolute Gasteiger partial charge is 0.240 e. The van der Waals surface area contributed by atoms with E-state index in [0.29, 0.717) is 23.7 Å². The first kappa shape index (κ1) is 15.5. The molecule has 120 valence electrons. The van der Waals surface area contributed by atoms with Crippen molar-refractivity contribution in [3.05, 3.63) is 23.8 Å². The zero-order valence-corrected chi connectivity index (χ0v) is 13.6. The largest absolute Gasteiger partial charge is 0.326 e. The maximum absolute atomic E-state index is 12.5. The number of hydrogen-bond acceptors (Lipinski definition) is 3. The summed E-state index contributed by atoms with van der Waals surface area (Å²) >= 11 is 0. The van der Waals surface area contributed by atoms with Gasteiger partial charge in [-0.3, -0.25) is 4.79 Å². The molecule has 0 spiro atoms. The van der Waals surface area contributed by atoms with Crippen LogP contribution in [0.1, 0.15) is 44.6 Å². The molecule has 3 rings (SSSR count). The molecule has 0 unspecified atom stereocenters. The molecule has 1 heterocycles. The van der Waals surface area contributed by atoms with Gasteiger partial charge in [-0.2, -0.15) is 0 Å². The summed E-state index contributed by atoms with van der Waals surface area (Å²) in [6.07, 6.45) is 4.95. The van der Waals surface area contributed by atoms with Gasteiger partial charge in [0, 0.05) is 18.2 Å². The molecule has 0 saturated heterocycles. The molecule has 0 bridgehead atoms. The Kier molecular flexibility index (Phi) is 4.23. The molecule has 2 aliphatic rings. The summed E-state index contributed by atoms with van der Waals surface area (Å²) in [5.74, 6) is 0.672. The van der Waals surface area contributed by atoms with Gasteiger partial charge in [-0.15, -0.1) is 0 Å². The highest BCUT2D eigenvalue weighted by Crippen LogP contribution is 2.27. The van der Waals surface area contributed by atoms with Crippen molar-refractivity contribution in [2.75, 3.05) is 5.32 Å². The van der Waals surface area contributed by atoms with Crippen LogP contribution >= 0.6 is 0 Å². The lowest BCUT2D eigenvalue weighted by Gasteiger charge is -2.27. The van der Waals surface area contributed by atoms with Gasteiger partial charge in [-0.25, -0.2) is 13.1 Å². The van der Waals surface area contributed by atoms with Gasteiger partial charge in [-0.1, -0.05) is 6.92 Å². The van der Waals surface area contributed by atoms with E-state index in [2.05, 4.69) is 17.0 Å². The Morgan fingerprint density at radius 2 is 1.86 bits per heavy atom. The van der Waals surface area contributed by atoms with Crippen molar-refractivity contribution in [2.24, 2.45) is 5.92 Å². The Morgan fingerprint density at radius 3 is 2.59 bits per heavy atom. The first-order chi connectivity index (χ1) is 10.4. The highest BCUT2D eigenvalue weighted by Gasteiger charge is 2.25. The van der Waals surface area contributed by atoms with Gasteiger partial charge < -0.3 is 5.32 Å². The molecule has 1 amide bonds. The van der Waals surface area contributed by atoms with Crippen molar-refractivity contribution in [1.29, 1.82) is 0 Å². The summed E-state index contributed by atoms with van der Waals surface area (Å²) in [4.78, 5) is 11.6. The van der Waals surface area contributed by atoms with Crippen LogP contribution in [0.4, 0.5) is 5.69 Å². The molecular weight excluding hydrogens is 300 g/mol. The fourth-order valence-corrected chi connectivity index (χ4v) is 4.55. The summed E-state index contributed by atoms with van der Waals surface area (Å²) in [6.45, 7) is 2.21. The molecule has 22 heavy (non-hydrogen) atoms. The molecule has 1 aliphatic heterocycles. The van der Waals surface area contributed by atoms with E-state index in [1.54, 1.807) is 18.2 Å². The summed E-state index contributed by atoms with van der Waals surface area (Å²) < 4.78 is 27.9. The van der Waals surface area contributed by atoms with E-state index < -0.39 is 10.0 Å². The number of aryl methyl sites for hydroxylation is 1. The number of anilines is 1. The number of rotatable bonds is 3. The van der Waals surface area contributed by atoms with Gasteiger partial charge in [0.1, 0.15) is 0 Å². The number of hydrogen-bond donors (Lipinski definition) is 2. The number of carbonyl (C=O) groups is 1. The minimum Gasteiger partial charge on any atom is -0.326 e. The molecule has 0 atom stereocenters. The van der Waals surface area contributed by atoms with E-state index in [1.807, 2.05) is 0 Å². The van der Waals surface area contributed by atoms with Gasteiger partial charge in [0.05, 0.1) is 4.90 Å². The molecule has 2 N–H and O–H groups in total. The highest BCUT2D eigenvalue weighted by molar-refractivity contribution is 7.89. The molecule has 1 aromatic carbocycles. The minimum absolute atomic E-state index is 0.0162. The van der Waals surface area contributed by atoms with Crippen molar-refractivity contribution in [1.82, 2.24) is 4.72 Å². The second-order valence-corrected chi connectivity index (χ2v) is 8.16. The molecule has 6 heteroatoms. The molecular formula is C16H22N2O3S. The first-order valence-corrected chi connectivity index (χ1v) is 9.37. The predicted octanol–water partition coefficient (Wildman–Crippen LogP) is 2.43. The van der Waals surface area contributed by atoms with E-state index >= 15 is 0 Å². The zero-order valence-electron chi connectivity index (χ0n) is 12.8. The number of carbonyl (C=O) groups excluding carboxylic acids is 1. The highest BCUT2D eigenvalue weighted by atomic mass is 32.2. The Bertz CT molecular complexity index is 677. The van der Waals surface area contributed by atoms with Crippen molar-refractivity contribution < 1.29 is 13.2 Å². The van der Waals surface area contributed by atoms with Gasteiger partial charge in [0.25, 0.3) is 0 Å². The lowest BCUT2D eigenvalue weighted by atomic mass is 9.88. The minimum atomic E-state index is -3.49. The van der Waals surface area contributed by atoms with Crippen molar-refractivity contribution in [3.8, 4) is 0 Å². The third kappa shape index (κ3) is 3.33. The van der Waals surface area contributed by atoms with Crippen LogP contribution in [0.25, 0.3) is 0 Å². The van der Waals surface area contributed by atoms with E-state index in [0.717, 1.165) is 36.9 Å². The Labute approximate surface area is 131 Å². The average Bonchev–Trinajstić information content (AvgIpc) is 2.49. The van der Waals surface area contributed by atoms with Gasteiger partial charge in [0.15, 0.2) is 0 Å². The molecule has 1 aliphatic carbocycles. The third-order valence-electron chi connectivity index (χ3n) is 4.62. The Hall–Kier alpha value is -1.40.